The van der Waals surface area contributed by atoms with E-state index in [4.69, 9.17) is 4.74 Å². The fourth-order valence-corrected chi connectivity index (χ4v) is 4.83. The van der Waals surface area contributed by atoms with Crippen molar-refractivity contribution in [3.63, 3.8) is 0 Å². The Balaban J connectivity index is 0.00000300. The molecule has 29 heavy (non-hydrogen) atoms. The molecule has 1 heterocycles. The van der Waals surface area contributed by atoms with Crippen LogP contribution in [0, 0.1) is 5.41 Å². The summed E-state index contributed by atoms with van der Waals surface area (Å²) < 4.78 is 5.37. The van der Waals surface area contributed by atoms with Crippen LogP contribution in [0.3, 0.4) is 0 Å². The first kappa shape index (κ1) is 24.4. The van der Waals surface area contributed by atoms with Gasteiger partial charge in [0, 0.05) is 33.9 Å². The Morgan fingerprint density at radius 1 is 1.10 bits per heavy atom. The SMILES string of the molecule is CN=C(NCC(c1ccccc1)N1CCCC1)NCC1(CCOC)CCCC1.I. The second-order valence-corrected chi connectivity index (χ2v) is 8.43. The van der Waals surface area contributed by atoms with Crippen LogP contribution < -0.4 is 10.6 Å². The second kappa shape index (κ2) is 12.7. The predicted octanol–water partition coefficient (Wildman–Crippen LogP) is 4.20. The lowest BCUT2D eigenvalue weighted by Gasteiger charge is -2.31. The van der Waals surface area contributed by atoms with E-state index in [1.807, 2.05) is 7.05 Å². The maximum atomic E-state index is 5.37. The summed E-state index contributed by atoms with van der Waals surface area (Å²) in [5.74, 6) is 0.920. The second-order valence-electron chi connectivity index (χ2n) is 8.43. The van der Waals surface area contributed by atoms with Crippen molar-refractivity contribution in [2.75, 3.05) is 46.9 Å². The van der Waals surface area contributed by atoms with E-state index >= 15 is 0 Å². The zero-order valence-electron chi connectivity index (χ0n) is 18.2. The van der Waals surface area contributed by atoms with Gasteiger partial charge < -0.3 is 15.4 Å². The number of nitrogens with one attached hydrogen (secondary N) is 2. The summed E-state index contributed by atoms with van der Waals surface area (Å²) in [6.07, 6.45) is 9.00. The quantitative estimate of drug-likeness (QED) is 0.295. The Kier molecular flexibility index (Phi) is 10.7. The lowest BCUT2D eigenvalue weighted by Crippen LogP contribution is -2.46. The largest absolute Gasteiger partial charge is 0.385 e. The monoisotopic (exact) mass is 514 g/mol. The maximum Gasteiger partial charge on any atom is 0.191 e. The van der Waals surface area contributed by atoms with E-state index in [1.54, 1.807) is 7.11 Å². The van der Waals surface area contributed by atoms with Crippen molar-refractivity contribution in [2.24, 2.45) is 10.4 Å². The minimum absolute atomic E-state index is 0. The van der Waals surface area contributed by atoms with Crippen molar-refractivity contribution in [3.8, 4) is 0 Å². The molecule has 1 saturated heterocycles. The third kappa shape index (κ3) is 7.10. The highest BCUT2D eigenvalue weighted by atomic mass is 127. The number of benzene rings is 1. The van der Waals surface area contributed by atoms with Crippen molar-refractivity contribution in [2.45, 2.75) is 51.0 Å². The van der Waals surface area contributed by atoms with E-state index in [9.17, 15) is 0 Å². The third-order valence-electron chi connectivity index (χ3n) is 6.58. The highest BCUT2D eigenvalue weighted by Gasteiger charge is 2.33. The van der Waals surface area contributed by atoms with Crippen LogP contribution in [0.5, 0.6) is 0 Å². The first-order valence-corrected chi connectivity index (χ1v) is 11.0. The molecule has 6 heteroatoms. The minimum atomic E-state index is 0. The number of nitrogens with zero attached hydrogens (tertiary/aromatic N) is 2. The third-order valence-corrected chi connectivity index (χ3v) is 6.58. The number of hydrogen-bond donors (Lipinski definition) is 2. The van der Waals surface area contributed by atoms with Gasteiger partial charge in [-0.15, -0.1) is 24.0 Å². The number of hydrogen-bond acceptors (Lipinski definition) is 3. The van der Waals surface area contributed by atoms with Gasteiger partial charge in [-0.1, -0.05) is 43.2 Å². The molecule has 5 nitrogen and oxygen atoms in total. The van der Waals surface area contributed by atoms with Gasteiger partial charge >= 0.3 is 0 Å². The van der Waals surface area contributed by atoms with Gasteiger partial charge in [0.2, 0.25) is 0 Å². The van der Waals surface area contributed by atoms with Crippen LogP contribution in [-0.4, -0.2) is 57.8 Å². The average molecular weight is 514 g/mol. The first-order valence-electron chi connectivity index (χ1n) is 11.0. The molecule has 0 spiro atoms. The molecular formula is C23H39IN4O. The van der Waals surface area contributed by atoms with E-state index in [1.165, 1.54) is 57.2 Å². The van der Waals surface area contributed by atoms with Crippen LogP contribution >= 0.6 is 24.0 Å². The molecule has 3 rings (SSSR count). The van der Waals surface area contributed by atoms with Crippen LogP contribution in [0.2, 0.25) is 0 Å². The van der Waals surface area contributed by atoms with Gasteiger partial charge in [0.15, 0.2) is 5.96 Å². The van der Waals surface area contributed by atoms with Crippen LogP contribution in [0.4, 0.5) is 0 Å². The van der Waals surface area contributed by atoms with Gasteiger partial charge in [0.05, 0.1) is 6.04 Å². The Labute approximate surface area is 194 Å². The normalized spacial score (nSPS) is 20.3. The topological polar surface area (TPSA) is 48.9 Å². The molecule has 1 aromatic carbocycles. The standard InChI is InChI=1S/C23H38N4O.HI/c1-24-22(26-19-23(14-17-28-2)12-6-7-13-23)25-18-21(27-15-8-9-16-27)20-10-4-3-5-11-20;/h3-5,10-11,21H,6-9,12-19H2,1-2H3,(H2,24,25,26);1H. The van der Waals surface area contributed by atoms with Crippen molar-refractivity contribution in [1.29, 1.82) is 0 Å². The Bertz CT molecular complexity index is 598. The predicted molar refractivity (Wildman–Crippen MR) is 132 cm³/mol. The van der Waals surface area contributed by atoms with Crippen LogP contribution in [0.25, 0.3) is 0 Å². The fourth-order valence-electron chi connectivity index (χ4n) is 4.83. The molecule has 164 valence electrons. The Morgan fingerprint density at radius 2 is 1.79 bits per heavy atom. The summed E-state index contributed by atoms with van der Waals surface area (Å²) in [6.45, 7) is 5.09. The highest BCUT2D eigenvalue weighted by molar-refractivity contribution is 14.0. The van der Waals surface area contributed by atoms with Crippen molar-refractivity contribution >= 4 is 29.9 Å². The van der Waals surface area contributed by atoms with E-state index in [0.29, 0.717) is 11.5 Å². The molecule has 2 fully saturated rings. The zero-order chi connectivity index (χ0) is 19.7. The zero-order valence-corrected chi connectivity index (χ0v) is 20.5. The molecule has 1 aliphatic carbocycles. The molecule has 1 aliphatic heterocycles. The molecule has 2 aliphatic rings. The summed E-state index contributed by atoms with van der Waals surface area (Å²) in [4.78, 5) is 7.10. The highest BCUT2D eigenvalue weighted by Crippen LogP contribution is 2.40. The number of guanidine groups is 1. The Hall–Kier alpha value is -0.860. The van der Waals surface area contributed by atoms with E-state index in [-0.39, 0.29) is 24.0 Å². The van der Waals surface area contributed by atoms with Crippen molar-refractivity contribution < 1.29 is 4.74 Å². The van der Waals surface area contributed by atoms with Gasteiger partial charge in [0.1, 0.15) is 0 Å². The first-order chi connectivity index (χ1) is 13.8. The van der Waals surface area contributed by atoms with Crippen molar-refractivity contribution in [3.05, 3.63) is 35.9 Å². The van der Waals surface area contributed by atoms with Gasteiger partial charge in [-0.3, -0.25) is 9.89 Å². The smallest absolute Gasteiger partial charge is 0.191 e. The summed E-state index contributed by atoms with van der Waals surface area (Å²) in [7, 11) is 3.68. The maximum absolute atomic E-state index is 5.37. The number of likely N-dealkylation sites (tertiary alicyclic amines) is 1. The molecule has 0 bridgehead atoms. The number of aliphatic imine (C=N–C) groups is 1. The fraction of sp³-hybridized carbons (Fsp3) is 0.696. The molecule has 0 amide bonds. The van der Waals surface area contributed by atoms with E-state index in [2.05, 4.69) is 50.9 Å². The van der Waals surface area contributed by atoms with Crippen LogP contribution in [0.15, 0.2) is 35.3 Å². The van der Waals surface area contributed by atoms with Crippen molar-refractivity contribution in [1.82, 2.24) is 15.5 Å². The van der Waals surface area contributed by atoms with Gasteiger partial charge in [-0.2, -0.15) is 0 Å². The number of methoxy groups -OCH3 is 1. The lowest BCUT2D eigenvalue weighted by atomic mass is 9.83. The summed E-state index contributed by atoms with van der Waals surface area (Å²) in [5.41, 5.74) is 1.75. The number of ether oxygens (including phenoxy) is 1. The molecule has 1 atom stereocenters. The van der Waals surface area contributed by atoms with Crippen LogP contribution in [-0.2, 0) is 4.74 Å². The number of halogens is 1. The number of rotatable bonds is 9. The van der Waals surface area contributed by atoms with Gasteiger partial charge in [0.25, 0.3) is 0 Å². The van der Waals surface area contributed by atoms with Gasteiger partial charge in [-0.05, 0) is 56.2 Å². The molecule has 1 aromatic rings. The molecule has 1 unspecified atom stereocenters. The molecule has 0 aromatic heterocycles. The summed E-state index contributed by atoms with van der Waals surface area (Å²) in [5, 5.41) is 7.23. The van der Waals surface area contributed by atoms with Crippen LogP contribution in [0.1, 0.15) is 56.6 Å². The van der Waals surface area contributed by atoms with E-state index in [0.717, 1.165) is 32.1 Å². The molecule has 2 N–H and O–H groups in total. The minimum Gasteiger partial charge on any atom is -0.385 e. The molecule has 0 radical (unpaired) electrons. The average Bonchev–Trinajstić information content (AvgIpc) is 3.43. The van der Waals surface area contributed by atoms with E-state index < -0.39 is 0 Å². The lowest BCUT2D eigenvalue weighted by molar-refractivity contribution is 0.138. The molecular weight excluding hydrogens is 475 g/mol. The summed E-state index contributed by atoms with van der Waals surface area (Å²) in [6, 6.07) is 11.3. The Morgan fingerprint density at radius 3 is 2.41 bits per heavy atom. The summed E-state index contributed by atoms with van der Waals surface area (Å²) >= 11 is 0. The molecule has 1 saturated carbocycles. The van der Waals surface area contributed by atoms with Gasteiger partial charge in [-0.25, -0.2) is 0 Å².